The van der Waals surface area contributed by atoms with Crippen molar-refractivity contribution in [3.8, 4) is 23.1 Å². The first kappa shape index (κ1) is 25.2. The van der Waals surface area contributed by atoms with Crippen molar-refractivity contribution in [1.82, 2.24) is 24.8 Å². The van der Waals surface area contributed by atoms with Crippen molar-refractivity contribution in [2.45, 2.75) is 32.9 Å². The quantitative estimate of drug-likeness (QED) is 0.544. The molecule has 4 rings (SSSR count). The maximum Gasteiger partial charge on any atom is 0.256 e. The van der Waals surface area contributed by atoms with E-state index < -0.39 is 11.5 Å². The second-order valence-corrected chi connectivity index (χ2v) is 9.09. The Bertz CT molecular complexity index is 1320. The number of nitrogen functional groups attached to an aromatic ring is 1. The van der Waals surface area contributed by atoms with E-state index in [0.717, 1.165) is 5.69 Å². The number of hydrogen-bond donors (Lipinski definition) is 2. The van der Waals surface area contributed by atoms with Crippen LogP contribution in [0.3, 0.4) is 0 Å². The molecule has 0 spiro atoms. The van der Waals surface area contributed by atoms with Crippen LogP contribution >= 0.6 is 0 Å². The highest BCUT2D eigenvalue weighted by Gasteiger charge is 2.30. The Hall–Kier alpha value is -3.87. The van der Waals surface area contributed by atoms with Crippen LogP contribution in [0, 0.1) is 17.7 Å². The molecule has 1 fully saturated rings. The molecule has 1 aromatic carbocycles. The number of hydrogen-bond acceptors (Lipinski definition) is 7. The number of carbonyl (C=O) groups excluding carboxylic acids is 1. The predicted octanol–water partition coefficient (Wildman–Crippen LogP) is 2.71. The van der Waals surface area contributed by atoms with Crippen LogP contribution in [-0.2, 0) is 6.42 Å². The summed E-state index contributed by atoms with van der Waals surface area (Å²) in [4.78, 5) is 29.3. The molecule has 9 heteroatoms. The Morgan fingerprint density at radius 3 is 2.47 bits per heavy atom. The van der Waals surface area contributed by atoms with Crippen LogP contribution in [0.2, 0.25) is 0 Å². The molecule has 2 aromatic heterocycles. The fraction of sp³-hybridized carbons (Fsp3) is 0.333. The van der Waals surface area contributed by atoms with Gasteiger partial charge in [-0.25, -0.2) is 19.3 Å². The van der Waals surface area contributed by atoms with Gasteiger partial charge in [-0.2, -0.15) is 0 Å². The van der Waals surface area contributed by atoms with Gasteiger partial charge >= 0.3 is 0 Å². The number of aliphatic hydroxyl groups is 1. The summed E-state index contributed by atoms with van der Waals surface area (Å²) in [5.74, 6) is 5.57. The third kappa shape index (κ3) is 5.51. The molecule has 1 saturated heterocycles. The van der Waals surface area contributed by atoms with E-state index in [1.165, 1.54) is 18.5 Å². The molecule has 1 aliphatic heterocycles. The number of nitrogens with zero attached hydrogens (tertiary/aromatic N) is 5. The van der Waals surface area contributed by atoms with Crippen LogP contribution in [0.4, 0.5) is 10.2 Å². The number of nitrogens with two attached hydrogens (primary N) is 1. The second-order valence-electron chi connectivity index (χ2n) is 9.09. The van der Waals surface area contributed by atoms with Gasteiger partial charge in [0.05, 0.1) is 22.5 Å². The molecule has 0 aliphatic carbocycles. The first-order chi connectivity index (χ1) is 17.2. The number of piperazine rings is 1. The van der Waals surface area contributed by atoms with E-state index in [1.54, 1.807) is 43.1 Å². The van der Waals surface area contributed by atoms with Gasteiger partial charge in [-0.05, 0) is 44.5 Å². The standard InChI is InChI=1S/C27H29FN6O2/c1-4-23-21(8-5-18-6-10-24(29)30-16-18)25(32-17-31-23)19-7-9-20(22(28)15-19)26(35)33-11-13-34(14-12-33)27(2,3)36/h6-7,9-10,15-17,36H,4,11-14H2,1-3H3,(H2,29,30). The van der Waals surface area contributed by atoms with Gasteiger partial charge in [0, 0.05) is 43.5 Å². The number of aryl methyl sites for hydroxylation is 1. The molecule has 0 radical (unpaired) electrons. The summed E-state index contributed by atoms with van der Waals surface area (Å²) < 4.78 is 15.2. The van der Waals surface area contributed by atoms with Gasteiger partial charge in [0.1, 0.15) is 23.7 Å². The fourth-order valence-electron chi connectivity index (χ4n) is 4.12. The topological polar surface area (TPSA) is 108 Å². The Morgan fingerprint density at radius 2 is 1.86 bits per heavy atom. The average Bonchev–Trinajstić information content (AvgIpc) is 2.87. The van der Waals surface area contributed by atoms with Crippen molar-refractivity contribution < 1.29 is 14.3 Å². The van der Waals surface area contributed by atoms with Crippen LogP contribution in [0.25, 0.3) is 11.3 Å². The van der Waals surface area contributed by atoms with Crippen molar-refractivity contribution in [2.75, 3.05) is 31.9 Å². The van der Waals surface area contributed by atoms with Crippen molar-refractivity contribution in [1.29, 1.82) is 0 Å². The largest absolute Gasteiger partial charge is 0.384 e. The lowest BCUT2D eigenvalue weighted by Gasteiger charge is -2.41. The molecule has 186 valence electrons. The molecular formula is C27H29FN6O2. The first-order valence-electron chi connectivity index (χ1n) is 11.8. The molecule has 3 aromatic rings. The Morgan fingerprint density at radius 1 is 1.11 bits per heavy atom. The zero-order chi connectivity index (χ0) is 25.9. The van der Waals surface area contributed by atoms with E-state index in [4.69, 9.17) is 5.73 Å². The van der Waals surface area contributed by atoms with E-state index in [-0.39, 0.29) is 11.5 Å². The summed E-state index contributed by atoms with van der Waals surface area (Å²) in [6.45, 7) is 7.24. The summed E-state index contributed by atoms with van der Waals surface area (Å²) in [5.41, 5.74) is 7.70. The fourth-order valence-corrected chi connectivity index (χ4v) is 4.12. The first-order valence-corrected chi connectivity index (χ1v) is 11.8. The average molecular weight is 489 g/mol. The minimum absolute atomic E-state index is 0.000752. The van der Waals surface area contributed by atoms with E-state index in [0.29, 0.717) is 60.8 Å². The molecule has 0 atom stereocenters. The van der Waals surface area contributed by atoms with E-state index in [2.05, 4.69) is 26.8 Å². The summed E-state index contributed by atoms with van der Waals surface area (Å²) in [5, 5.41) is 10.2. The number of benzene rings is 1. The maximum absolute atomic E-state index is 15.2. The minimum Gasteiger partial charge on any atom is -0.384 e. The number of pyridine rings is 1. The zero-order valence-corrected chi connectivity index (χ0v) is 20.6. The highest BCUT2D eigenvalue weighted by Crippen LogP contribution is 2.26. The van der Waals surface area contributed by atoms with Gasteiger partial charge < -0.3 is 15.7 Å². The predicted molar refractivity (Wildman–Crippen MR) is 135 cm³/mol. The maximum atomic E-state index is 15.2. The zero-order valence-electron chi connectivity index (χ0n) is 20.6. The van der Waals surface area contributed by atoms with Crippen molar-refractivity contribution in [3.63, 3.8) is 0 Å². The van der Waals surface area contributed by atoms with Gasteiger partial charge in [0.2, 0.25) is 0 Å². The van der Waals surface area contributed by atoms with Crippen molar-refractivity contribution in [3.05, 3.63) is 71.1 Å². The molecule has 1 aliphatic rings. The monoisotopic (exact) mass is 488 g/mol. The summed E-state index contributed by atoms with van der Waals surface area (Å²) in [7, 11) is 0. The summed E-state index contributed by atoms with van der Waals surface area (Å²) >= 11 is 0. The Kier molecular flexibility index (Phi) is 7.29. The molecular weight excluding hydrogens is 459 g/mol. The number of carbonyl (C=O) groups is 1. The molecule has 36 heavy (non-hydrogen) atoms. The molecule has 8 nitrogen and oxygen atoms in total. The number of anilines is 1. The van der Waals surface area contributed by atoms with Gasteiger partial charge in [-0.3, -0.25) is 9.69 Å². The lowest BCUT2D eigenvalue weighted by Crippen LogP contribution is -2.55. The van der Waals surface area contributed by atoms with Crippen LogP contribution in [0.5, 0.6) is 0 Å². The van der Waals surface area contributed by atoms with Crippen LogP contribution in [0.1, 0.15) is 48.0 Å². The van der Waals surface area contributed by atoms with E-state index in [9.17, 15) is 9.90 Å². The third-order valence-electron chi connectivity index (χ3n) is 6.19. The highest BCUT2D eigenvalue weighted by molar-refractivity contribution is 5.95. The van der Waals surface area contributed by atoms with Crippen LogP contribution < -0.4 is 5.73 Å². The lowest BCUT2D eigenvalue weighted by atomic mass is 10.0. The summed E-state index contributed by atoms with van der Waals surface area (Å²) in [6.07, 6.45) is 3.64. The normalized spacial score (nSPS) is 14.3. The number of aromatic nitrogens is 3. The number of amides is 1. The molecule has 0 bridgehead atoms. The number of halogens is 1. The third-order valence-corrected chi connectivity index (χ3v) is 6.19. The second kappa shape index (κ2) is 10.4. The van der Waals surface area contributed by atoms with Crippen LogP contribution in [0.15, 0.2) is 42.9 Å². The van der Waals surface area contributed by atoms with E-state index in [1.807, 2.05) is 11.8 Å². The Labute approximate surface area is 210 Å². The molecule has 3 N–H and O–H groups in total. The van der Waals surface area contributed by atoms with E-state index >= 15 is 4.39 Å². The lowest BCUT2D eigenvalue weighted by molar-refractivity contribution is -0.0930. The van der Waals surface area contributed by atoms with Gasteiger partial charge in [-0.1, -0.05) is 24.8 Å². The Balaban J connectivity index is 1.61. The molecule has 0 unspecified atom stereocenters. The van der Waals surface area contributed by atoms with Crippen molar-refractivity contribution in [2.24, 2.45) is 0 Å². The van der Waals surface area contributed by atoms with Gasteiger partial charge in [0.25, 0.3) is 5.91 Å². The molecule has 1 amide bonds. The molecule has 0 saturated carbocycles. The highest BCUT2D eigenvalue weighted by atomic mass is 19.1. The SMILES string of the molecule is CCc1ncnc(-c2ccc(C(=O)N3CCN(C(C)(C)O)CC3)c(F)c2)c1C#Cc1ccc(N)nc1. The molecule has 3 heterocycles. The summed E-state index contributed by atoms with van der Waals surface area (Å²) in [6, 6.07) is 7.93. The number of rotatable bonds is 4. The van der Waals surface area contributed by atoms with Gasteiger partial charge in [-0.15, -0.1) is 0 Å². The van der Waals surface area contributed by atoms with Gasteiger partial charge in [0.15, 0.2) is 0 Å². The minimum atomic E-state index is -0.956. The van der Waals surface area contributed by atoms with Crippen molar-refractivity contribution >= 4 is 11.7 Å². The van der Waals surface area contributed by atoms with Crippen LogP contribution in [-0.4, -0.2) is 67.7 Å². The smallest absolute Gasteiger partial charge is 0.256 e.